The second kappa shape index (κ2) is 6.32. The van der Waals surface area contributed by atoms with Crippen LogP contribution in [-0.4, -0.2) is 11.8 Å². The summed E-state index contributed by atoms with van der Waals surface area (Å²) in [5.41, 5.74) is 2.34. The van der Waals surface area contributed by atoms with Crippen molar-refractivity contribution >= 4 is 29.1 Å². The zero-order valence-corrected chi connectivity index (χ0v) is 14.7. The number of aryl methyl sites for hydroxylation is 1. The molecule has 0 fully saturated rings. The number of anilines is 1. The molecule has 0 atom stereocenters. The predicted octanol–water partition coefficient (Wildman–Crippen LogP) is 5.24. The molecule has 0 radical (unpaired) electrons. The summed E-state index contributed by atoms with van der Waals surface area (Å²) in [4.78, 5) is 26.2. The number of benzene rings is 3. The molecule has 0 spiro atoms. The minimum atomic E-state index is -0.353. The number of rotatable bonds is 3. The van der Waals surface area contributed by atoms with Crippen molar-refractivity contribution in [1.29, 1.82) is 0 Å². The van der Waals surface area contributed by atoms with E-state index in [1.54, 1.807) is 42.5 Å². The molecule has 1 heterocycles. The number of fused-ring (bicyclic) bond motifs is 1. The highest BCUT2D eigenvalue weighted by molar-refractivity contribution is 6.36. The van der Waals surface area contributed by atoms with E-state index in [9.17, 15) is 9.59 Å². The number of carbonyl (C=O) groups is 2. The summed E-state index contributed by atoms with van der Waals surface area (Å²) < 4.78 is 5.78. The zero-order valence-electron chi connectivity index (χ0n) is 13.9. The van der Waals surface area contributed by atoms with Gasteiger partial charge < -0.3 is 4.74 Å². The maximum Gasteiger partial charge on any atom is 0.266 e. The zero-order chi connectivity index (χ0) is 18.3. The number of imide groups is 1. The van der Waals surface area contributed by atoms with Crippen LogP contribution in [0.25, 0.3) is 0 Å². The monoisotopic (exact) mass is 363 g/mol. The number of carbonyl (C=O) groups excluding carboxylic acids is 2. The van der Waals surface area contributed by atoms with Crippen LogP contribution in [0.3, 0.4) is 0 Å². The molecule has 1 aliphatic heterocycles. The SMILES string of the molecule is Cc1ccc(Oc2ccc(N3C(=O)c4ccccc4C3=O)cc2Cl)cc1. The first-order chi connectivity index (χ1) is 12.5. The maximum absolute atomic E-state index is 12.6. The van der Waals surface area contributed by atoms with Crippen LogP contribution in [0.1, 0.15) is 26.3 Å². The molecule has 3 aromatic carbocycles. The van der Waals surface area contributed by atoms with E-state index in [4.69, 9.17) is 16.3 Å². The molecule has 26 heavy (non-hydrogen) atoms. The molecule has 1 aliphatic rings. The van der Waals surface area contributed by atoms with Crippen molar-refractivity contribution in [3.63, 3.8) is 0 Å². The molecule has 0 N–H and O–H groups in total. The first-order valence-corrected chi connectivity index (χ1v) is 8.44. The van der Waals surface area contributed by atoms with E-state index in [-0.39, 0.29) is 11.8 Å². The fraction of sp³-hybridized carbons (Fsp3) is 0.0476. The first kappa shape index (κ1) is 16.4. The van der Waals surface area contributed by atoms with Gasteiger partial charge >= 0.3 is 0 Å². The summed E-state index contributed by atoms with van der Waals surface area (Å²) in [5.74, 6) is 0.407. The number of hydrogen-bond acceptors (Lipinski definition) is 3. The van der Waals surface area contributed by atoms with Gasteiger partial charge in [-0.25, -0.2) is 4.90 Å². The fourth-order valence-electron chi connectivity index (χ4n) is 2.87. The average molecular weight is 364 g/mol. The van der Waals surface area contributed by atoms with E-state index >= 15 is 0 Å². The Morgan fingerprint density at radius 2 is 1.46 bits per heavy atom. The number of amides is 2. The summed E-state index contributed by atoms with van der Waals surface area (Å²) in [7, 11) is 0. The van der Waals surface area contributed by atoms with Gasteiger partial charge in [0, 0.05) is 0 Å². The van der Waals surface area contributed by atoms with Gasteiger partial charge in [-0.3, -0.25) is 9.59 Å². The Morgan fingerprint density at radius 3 is 2.04 bits per heavy atom. The van der Waals surface area contributed by atoms with Gasteiger partial charge in [0.05, 0.1) is 21.8 Å². The smallest absolute Gasteiger partial charge is 0.266 e. The highest BCUT2D eigenvalue weighted by Crippen LogP contribution is 2.35. The van der Waals surface area contributed by atoms with Crippen molar-refractivity contribution in [1.82, 2.24) is 0 Å². The Morgan fingerprint density at radius 1 is 0.846 bits per heavy atom. The third kappa shape index (κ3) is 2.74. The molecular formula is C21H14ClNO3. The molecule has 0 unspecified atom stereocenters. The summed E-state index contributed by atoms with van der Waals surface area (Å²) in [5, 5.41) is 0.319. The molecule has 0 aromatic heterocycles. The van der Waals surface area contributed by atoms with Crippen LogP contribution in [0.4, 0.5) is 5.69 Å². The Hall–Kier alpha value is -3.11. The van der Waals surface area contributed by atoms with Gasteiger partial charge in [0.25, 0.3) is 11.8 Å². The highest BCUT2D eigenvalue weighted by Gasteiger charge is 2.36. The quantitative estimate of drug-likeness (QED) is 0.598. The Kier molecular flexibility index (Phi) is 3.98. The van der Waals surface area contributed by atoms with Gasteiger partial charge in [0.2, 0.25) is 0 Å². The van der Waals surface area contributed by atoms with Crippen LogP contribution in [0.15, 0.2) is 66.7 Å². The number of nitrogens with zero attached hydrogens (tertiary/aromatic N) is 1. The van der Waals surface area contributed by atoms with Gasteiger partial charge in [-0.1, -0.05) is 41.4 Å². The molecule has 4 nitrogen and oxygen atoms in total. The lowest BCUT2D eigenvalue weighted by Crippen LogP contribution is -2.29. The third-order valence-electron chi connectivity index (χ3n) is 4.22. The first-order valence-electron chi connectivity index (χ1n) is 8.06. The van der Waals surface area contributed by atoms with Crippen LogP contribution >= 0.6 is 11.6 Å². The topological polar surface area (TPSA) is 46.6 Å². The third-order valence-corrected chi connectivity index (χ3v) is 4.51. The minimum Gasteiger partial charge on any atom is -0.456 e. The van der Waals surface area contributed by atoms with Gasteiger partial charge in [-0.05, 0) is 49.4 Å². The van der Waals surface area contributed by atoms with Crippen molar-refractivity contribution in [2.75, 3.05) is 4.90 Å². The molecule has 3 aromatic rings. The largest absolute Gasteiger partial charge is 0.456 e. The van der Waals surface area contributed by atoms with Crippen LogP contribution in [0.5, 0.6) is 11.5 Å². The van der Waals surface area contributed by atoms with E-state index in [0.717, 1.165) is 10.5 Å². The molecular weight excluding hydrogens is 350 g/mol. The number of halogens is 1. The number of ether oxygens (including phenoxy) is 1. The molecule has 0 aliphatic carbocycles. The standard InChI is InChI=1S/C21H14ClNO3/c1-13-6-9-15(10-7-13)26-19-11-8-14(12-18(19)22)23-20(24)16-4-2-3-5-17(16)21(23)25/h2-12H,1H3. The van der Waals surface area contributed by atoms with E-state index in [2.05, 4.69) is 0 Å². The summed E-state index contributed by atoms with van der Waals surface area (Å²) in [6.07, 6.45) is 0. The Bertz CT molecular complexity index is 993. The Labute approximate surface area is 155 Å². The summed E-state index contributed by atoms with van der Waals surface area (Å²) in [6.45, 7) is 1.99. The van der Waals surface area contributed by atoms with Gasteiger partial charge in [0.1, 0.15) is 11.5 Å². The summed E-state index contributed by atoms with van der Waals surface area (Å²) in [6, 6.07) is 19.2. The maximum atomic E-state index is 12.6. The van der Waals surface area contributed by atoms with Crippen molar-refractivity contribution in [3.8, 4) is 11.5 Å². The molecule has 2 amide bonds. The van der Waals surface area contributed by atoms with Crippen molar-refractivity contribution in [3.05, 3.63) is 88.4 Å². The van der Waals surface area contributed by atoms with E-state index in [1.807, 2.05) is 31.2 Å². The van der Waals surface area contributed by atoms with Gasteiger partial charge in [-0.2, -0.15) is 0 Å². The molecule has 4 rings (SSSR count). The normalized spacial score (nSPS) is 13.1. The van der Waals surface area contributed by atoms with E-state index in [0.29, 0.717) is 33.3 Å². The lowest BCUT2D eigenvalue weighted by atomic mass is 10.1. The molecule has 5 heteroatoms. The second-order valence-electron chi connectivity index (χ2n) is 6.02. The number of hydrogen-bond donors (Lipinski definition) is 0. The average Bonchev–Trinajstić information content (AvgIpc) is 2.90. The lowest BCUT2D eigenvalue weighted by molar-refractivity contribution is 0.0926. The Balaban J connectivity index is 1.63. The van der Waals surface area contributed by atoms with Gasteiger partial charge in [-0.15, -0.1) is 0 Å². The van der Waals surface area contributed by atoms with Crippen LogP contribution in [0, 0.1) is 6.92 Å². The van der Waals surface area contributed by atoms with E-state index in [1.165, 1.54) is 0 Å². The molecule has 0 saturated carbocycles. The van der Waals surface area contributed by atoms with Crippen molar-refractivity contribution in [2.45, 2.75) is 6.92 Å². The minimum absolute atomic E-state index is 0.319. The highest BCUT2D eigenvalue weighted by atomic mass is 35.5. The predicted molar refractivity (Wildman–Crippen MR) is 100 cm³/mol. The van der Waals surface area contributed by atoms with Crippen molar-refractivity contribution < 1.29 is 14.3 Å². The lowest BCUT2D eigenvalue weighted by Gasteiger charge is -2.16. The van der Waals surface area contributed by atoms with Crippen LogP contribution < -0.4 is 9.64 Å². The van der Waals surface area contributed by atoms with Crippen LogP contribution in [-0.2, 0) is 0 Å². The molecule has 128 valence electrons. The summed E-state index contributed by atoms with van der Waals surface area (Å²) >= 11 is 6.32. The fourth-order valence-corrected chi connectivity index (χ4v) is 3.08. The van der Waals surface area contributed by atoms with E-state index < -0.39 is 0 Å². The van der Waals surface area contributed by atoms with Gasteiger partial charge in [0.15, 0.2) is 0 Å². The molecule has 0 bridgehead atoms. The molecule has 0 saturated heterocycles. The van der Waals surface area contributed by atoms with Crippen molar-refractivity contribution in [2.24, 2.45) is 0 Å². The van der Waals surface area contributed by atoms with Crippen LogP contribution in [0.2, 0.25) is 5.02 Å². The second-order valence-corrected chi connectivity index (χ2v) is 6.43.